The molecule has 0 rings (SSSR count). The lowest BCUT2D eigenvalue weighted by Crippen LogP contribution is -2.24. The molecule has 0 aromatic heterocycles. The van der Waals surface area contributed by atoms with Crippen molar-refractivity contribution in [1.82, 2.24) is 4.90 Å². The third-order valence-electron chi connectivity index (χ3n) is 7.55. The Balaban J connectivity index is 3.69. The Morgan fingerprint density at radius 2 is 0.886 bits per heavy atom. The molecular formula is C33H65NO. The molecule has 208 valence electrons. The van der Waals surface area contributed by atoms with Crippen LogP contribution in [-0.2, 0) is 4.79 Å². The molecule has 0 fully saturated rings. The normalized spacial score (nSPS) is 12.5. The summed E-state index contributed by atoms with van der Waals surface area (Å²) in [4.78, 5) is 14.0. The van der Waals surface area contributed by atoms with Crippen LogP contribution in [0.1, 0.15) is 174 Å². The summed E-state index contributed by atoms with van der Waals surface area (Å²) in [5, 5.41) is 0. The Kier molecular flexibility index (Phi) is 27.2. The zero-order chi connectivity index (χ0) is 25.8. The molecule has 1 unspecified atom stereocenters. The van der Waals surface area contributed by atoms with Crippen LogP contribution in [-0.4, -0.2) is 24.9 Å². The predicted molar refractivity (Wildman–Crippen MR) is 158 cm³/mol. The highest BCUT2D eigenvalue weighted by molar-refractivity contribution is 5.75. The molecule has 0 radical (unpaired) electrons. The average Bonchev–Trinajstić information content (AvgIpc) is 2.84. The van der Waals surface area contributed by atoms with Gasteiger partial charge in [-0.2, -0.15) is 0 Å². The summed E-state index contributed by atoms with van der Waals surface area (Å²) >= 11 is 0. The van der Waals surface area contributed by atoms with Crippen LogP contribution >= 0.6 is 0 Å². The van der Waals surface area contributed by atoms with Crippen molar-refractivity contribution in [3.8, 4) is 0 Å². The number of carbonyl (C=O) groups is 1. The third-order valence-corrected chi connectivity index (χ3v) is 7.55. The van der Waals surface area contributed by atoms with Crippen molar-refractivity contribution in [2.75, 3.05) is 14.1 Å². The quantitative estimate of drug-likeness (QED) is 0.0826. The first-order chi connectivity index (χ1) is 17.1. The second-order valence-electron chi connectivity index (χ2n) is 11.3. The van der Waals surface area contributed by atoms with E-state index in [-0.39, 0.29) is 0 Å². The molecule has 0 aliphatic heterocycles. The molecule has 2 nitrogen and oxygen atoms in total. The Bertz CT molecular complexity index is 456. The van der Waals surface area contributed by atoms with E-state index in [4.69, 9.17) is 0 Å². The Labute approximate surface area is 222 Å². The lowest BCUT2D eigenvalue weighted by molar-refractivity contribution is -0.129. The van der Waals surface area contributed by atoms with Gasteiger partial charge in [0.2, 0.25) is 5.91 Å². The number of rotatable bonds is 27. The fourth-order valence-electron chi connectivity index (χ4n) is 5.03. The molecule has 1 amide bonds. The molecular weight excluding hydrogens is 426 g/mol. The molecule has 0 bridgehead atoms. The molecule has 0 aliphatic carbocycles. The number of allylic oxidation sites excluding steroid dienone is 2. The highest BCUT2D eigenvalue weighted by atomic mass is 16.2. The van der Waals surface area contributed by atoms with Gasteiger partial charge in [0.1, 0.15) is 0 Å². The zero-order valence-electron chi connectivity index (χ0n) is 24.8. The first-order valence-corrected chi connectivity index (χ1v) is 16.0. The topological polar surface area (TPSA) is 20.3 Å². The monoisotopic (exact) mass is 492 g/mol. The second-order valence-corrected chi connectivity index (χ2v) is 11.3. The average molecular weight is 492 g/mol. The number of nitrogens with zero attached hydrogens (tertiary/aromatic N) is 1. The van der Waals surface area contributed by atoms with Crippen LogP contribution < -0.4 is 0 Å². The summed E-state index contributed by atoms with van der Waals surface area (Å²) in [6.07, 6.45) is 38.2. The largest absolute Gasteiger partial charge is 0.349 e. The number of carbonyl (C=O) groups excluding carboxylic acids is 1. The van der Waals surface area contributed by atoms with E-state index in [9.17, 15) is 4.79 Å². The van der Waals surface area contributed by atoms with E-state index >= 15 is 0 Å². The van der Waals surface area contributed by atoms with Gasteiger partial charge in [-0.25, -0.2) is 0 Å². The van der Waals surface area contributed by atoms with Crippen molar-refractivity contribution in [2.45, 2.75) is 174 Å². The summed E-state index contributed by atoms with van der Waals surface area (Å²) in [6.45, 7) is 4.57. The SMILES string of the molecule is CCCCCCCCC=CCCCCCCCCCC(CCCCCCCCC)CC(=O)N(C)C. The van der Waals surface area contributed by atoms with E-state index in [1.807, 2.05) is 14.1 Å². The molecule has 1 atom stereocenters. The number of hydrogen-bond acceptors (Lipinski definition) is 1. The molecule has 0 spiro atoms. The van der Waals surface area contributed by atoms with Crippen LogP contribution in [0.25, 0.3) is 0 Å². The molecule has 0 heterocycles. The fraction of sp³-hybridized carbons (Fsp3) is 0.909. The number of amides is 1. The Morgan fingerprint density at radius 1 is 0.543 bits per heavy atom. The number of hydrogen-bond donors (Lipinski definition) is 0. The van der Waals surface area contributed by atoms with Crippen molar-refractivity contribution < 1.29 is 4.79 Å². The van der Waals surface area contributed by atoms with E-state index in [1.54, 1.807) is 4.90 Å². The van der Waals surface area contributed by atoms with Crippen molar-refractivity contribution in [1.29, 1.82) is 0 Å². The first-order valence-electron chi connectivity index (χ1n) is 16.0. The van der Waals surface area contributed by atoms with Gasteiger partial charge in [-0.15, -0.1) is 0 Å². The summed E-state index contributed by atoms with van der Waals surface area (Å²) in [7, 11) is 3.80. The smallest absolute Gasteiger partial charge is 0.222 e. The second kappa shape index (κ2) is 27.8. The maximum Gasteiger partial charge on any atom is 0.222 e. The highest BCUT2D eigenvalue weighted by Gasteiger charge is 2.15. The molecule has 0 saturated heterocycles. The van der Waals surface area contributed by atoms with Crippen LogP contribution in [0.3, 0.4) is 0 Å². The standard InChI is InChI=1S/C33H65NO/c1-5-7-9-11-13-14-15-16-17-18-19-20-21-22-24-26-28-30-32(31-33(35)34(3)4)29-27-25-23-12-10-8-6-2/h16-17,32H,5-15,18-31H2,1-4H3. The Morgan fingerprint density at radius 3 is 1.26 bits per heavy atom. The van der Waals surface area contributed by atoms with Crippen LogP contribution in [0.2, 0.25) is 0 Å². The molecule has 0 aromatic rings. The molecule has 35 heavy (non-hydrogen) atoms. The van der Waals surface area contributed by atoms with Crippen LogP contribution in [0.4, 0.5) is 0 Å². The maximum atomic E-state index is 12.3. The van der Waals surface area contributed by atoms with Gasteiger partial charge in [0, 0.05) is 20.5 Å². The van der Waals surface area contributed by atoms with Gasteiger partial charge in [0.05, 0.1) is 0 Å². The van der Waals surface area contributed by atoms with Crippen LogP contribution in [0, 0.1) is 5.92 Å². The van der Waals surface area contributed by atoms with E-state index in [0.29, 0.717) is 11.8 Å². The fourth-order valence-corrected chi connectivity index (χ4v) is 5.03. The minimum atomic E-state index is 0.318. The molecule has 0 saturated carbocycles. The molecule has 2 heteroatoms. The van der Waals surface area contributed by atoms with Gasteiger partial charge in [-0.05, 0) is 44.4 Å². The highest BCUT2D eigenvalue weighted by Crippen LogP contribution is 2.23. The van der Waals surface area contributed by atoms with E-state index < -0.39 is 0 Å². The molecule has 0 aliphatic rings. The van der Waals surface area contributed by atoms with Gasteiger partial charge >= 0.3 is 0 Å². The van der Waals surface area contributed by atoms with Gasteiger partial charge in [-0.3, -0.25) is 4.79 Å². The lowest BCUT2D eigenvalue weighted by Gasteiger charge is -2.19. The van der Waals surface area contributed by atoms with E-state index in [0.717, 1.165) is 6.42 Å². The number of unbranched alkanes of at least 4 members (excludes halogenated alkanes) is 19. The minimum absolute atomic E-state index is 0.318. The van der Waals surface area contributed by atoms with Crippen LogP contribution in [0.15, 0.2) is 12.2 Å². The molecule has 0 aromatic carbocycles. The minimum Gasteiger partial charge on any atom is -0.349 e. The van der Waals surface area contributed by atoms with Crippen molar-refractivity contribution in [3.63, 3.8) is 0 Å². The van der Waals surface area contributed by atoms with Crippen LogP contribution in [0.5, 0.6) is 0 Å². The van der Waals surface area contributed by atoms with Gasteiger partial charge in [0.25, 0.3) is 0 Å². The zero-order valence-corrected chi connectivity index (χ0v) is 24.8. The summed E-state index contributed by atoms with van der Waals surface area (Å²) in [5.74, 6) is 0.919. The maximum absolute atomic E-state index is 12.3. The van der Waals surface area contributed by atoms with E-state index in [2.05, 4.69) is 26.0 Å². The predicted octanol–water partition coefficient (Wildman–Crippen LogP) is 11.0. The third kappa shape index (κ3) is 26.1. The molecule has 0 N–H and O–H groups in total. The summed E-state index contributed by atoms with van der Waals surface area (Å²) in [6, 6.07) is 0. The van der Waals surface area contributed by atoms with Crippen molar-refractivity contribution >= 4 is 5.91 Å². The van der Waals surface area contributed by atoms with Gasteiger partial charge < -0.3 is 4.90 Å². The Hall–Kier alpha value is -0.790. The summed E-state index contributed by atoms with van der Waals surface area (Å²) < 4.78 is 0. The van der Waals surface area contributed by atoms with Crippen molar-refractivity contribution in [3.05, 3.63) is 12.2 Å². The lowest BCUT2D eigenvalue weighted by atomic mass is 9.91. The van der Waals surface area contributed by atoms with Crippen molar-refractivity contribution in [2.24, 2.45) is 5.92 Å². The first kappa shape index (κ1) is 34.2. The summed E-state index contributed by atoms with van der Waals surface area (Å²) in [5.41, 5.74) is 0. The van der Waals surface area contributed by atoms with Gasteiger partial charge in [-0.1, -0.05) is 142 Å². The van der Waals surface area contributed by atoms with Gasteiger partial charge in [0.15, 0.2) is 0 Å². The van der Waals surface area contributed by atoms with E-state index in [1.165, 1.54) is 154 Å².